The SMILES string of the molecule is c1cc(-c2ccsc2)n(C2CCCCO2)n1. The Morgan fingerprint density at radius 1 is 1.38 bits per heavy atom. The van der Waals surface area contributed by atoms with Crippen molar-refractivity contribution in [2.75, 3.05) is 6.61 Å². The molecular weight excluding hydrogens is 220 g/mol. The van der Waals surface area contributed by atoms with E-state index < -0.39 is 0 Å². The van der Waals surface area contributed by atoms with Crippen molar-refractivity contribution in [2.24, 2.45) is 0 Å². The Balaban J connectivity index is 1.92. The van der Waals surface area contributed by atoms with Crippen LogP contribution in [0.3, 0.4) is 0 Å². The first-order chi connectivity index (χ1) is 7.95. The Bertz CT molecular complexity index is 443. The molecule has 0 bridgehead atoms. The Morgan fingerprint density at radius 3 is 3.12 bits per heavy atom. The standard InChI is InChI=1S/C12H14N2OS/c1-2-7-15-12(3-1)14-11(4-6-13-14)10-5-8-16-9-10/h4-6,8-9,12H,1-3,7H2. The molecule has 4 heteroatoms. The highest BCUT2D eigenvalue weighted by Gasteiger charge is 2.19. The molecule has 84 valence electrons. The molecule has 2 aromatic rings. The monoisotopic (exact) mass is 234 g/mol. The molecule has 0 radical (unpaired) electrons. The first-order valence-corrected chi connectivity index (χ1v) is 6.57. The number of ether oxygens (including phenoxy) is 1. The lowest BCUT2D eigenvalue weighted by Crippen LogP contribution is -2.19. The summed E-state index contributed by atoms with van der Waals surface area (Å²) in [5.41, 5.74) is 2.39. The minimum Gasteiger partial charge on any atom is -0.356 e. The fraction of sp³-hybridized carbons (Fsp3) is 0.417. The number of aromatic nitrogens is 2. The maximum atomic E-state index is 5.76. The number of hydrogen-bond acceptors (Lipinski definition) is 3. The van der Waals surface area contributed by atoms with Crippen LogP contribution >= 0.6 is 11.3 Å². The average molecular weight is 234 g/mol. The van der Waals surface area contributed by atoms with Crippen molar-refractivity contribution in [3.63, 3.8) is 0 Å². The van der Waals surface area contributed by atoms with Crippen LogP contribution in [0.1, 0.15) is 25.5 Å². The molecule has 1 atom stereocenters. The van der Waals surface area contributed by atoms with Crippen LogP contribution in [0, 0.1) is 0 Å². The fourth-order valence-electron chi connectivity index (χ4n) is 2.10. The average Bonchev–Trinajstić information content (AvgIpc) is 3.01. The normalized spacial score (nSPS) is 21.1. The Hall–Kier alpha value is -1.13. The summed E-state index contributed by atoms with van der Waals surface area (Å²) < 4.78 is 7.78. The molecule has 1 saturated heterocycles. The lowest BCUT2D eigenvalue weighted by atomic mass is 10.2. The first kappa shape index (κ1) is 10.1. The van der Waals surface area contributed by atoms with Crippen molar-refractivity contribution in [2.45, 2.75) is 25.5 Å². The van der Waals surface area contributed by atoms with Crippen LogP contribution in [-0.2, 0) is 4.74 Å². The van der Waals surface area contributed by atoms with Crippen molar-refractivity contribution in [3.8, 4) is 11.3 Å². The van der Waals surface area contributed by atoms with Gasteiger partial charge in [0, 0.05) is 23.7 Å². The Morgan fingerprint density at radius 2 is 2.38 bits per heavy atom. The van der Waals surface area contributed by atoms with Crippen LogP contribution in [0.5, 0.6) is 0 Å². The van der Waals surface area contributed by atoms with E-state index in [-0.39, 0.29) is 6.23 Å². The largest absolute Gasteiger partial charge is 0.356 e. The molecule has 1 unspecified atom stereocenters. The predicted molar refractivity (Wildman–Crippen MR) is 64.4 cm³/mol. The van der Waals surface area contributed by atoms with Gasteiger partial charge in [0.05, 0.1) is 5.69 Å². The van der Waals surface area contributed by atoms with E-state index in [0.29, 0.717) is 0 Å². The van der Waals surface area contributed by atoms with E-state index in [4.69, 9.17) is 4.74 Å². The first-order valence-electron chi connectivity index (χ1n) is 5.63. The molecule has 1 aliphatic rings. The summed E-state index contributed by atoms with van der Waals surface area (Å²) in [7, 11) is 0. The maximum Gasteiger partial charge on any atom is 0.150 e. The van der Waals surface area contributed by atoms with Gasteiger partial charge in [0.1, 0.15) is 0 Å². The van der Waals surface area contributed by atoms with Crippen LogP contribution in [-0.4, -0.2) is 16.4 Å². The minimum absolute atomic E-state index is 0.124. The summed E-state index contributed by atoms with van der Waals surface area (Å²) in [6.45, 7) is 0.855. The van der Waals surface area contributed by atoms with Crippen molar-refractivity contribution in [1.29, 1.82) is 0 Å². The van der Waals surface area contributed by atoms with Gasteiger partial charge in [-0.25, -0.2) is 4.68 Å². The van der Waals surface area contributed by atoms with Crippen LogP contribution in [0.4, 0.5) is 0 Å². The minimum atomic E-state index is 0.124. The summed E-state index contributed by atoms with van der Waals surface area (Å²) in [4.78, 5) is 0. The Labute approximate surface area is 98.7 Å². The molecule has 0 aliphatic carbocycles. The third-order valence-corrected chi connectivity index (χ3v) is 3.60. The van der Waals surface area contributed by atoms with E-state index in [1.807, 2.05) is 10.9 Å². The lowest BCUT2D eigenvalue weighted by Gasteiger charge is -2.24. The second-order valence-electron chi connectivity index (χ2n) is 3.99. The van der Waals surface area contributed by atoms with Gasteiger partial charge in [-0.1, -0.05) is 0 Å². The van der Waals surface area contributed by atoms with Crippen molar-refractivity contribution in [3.05, 3.63) is 29.1 Å². The smallest absolute Gasteiger partial charge is 0.150 e. The third-order valence-electron chi connectivity index (χ3n) is 2.92. The number of rotatable bonds is 2. The second kappa shape index (κ2) is 4.39. The number of hydrogen-bond donors (Lipinski definition) is 0. The molecule has 0 N–H and O–H groups in total. The zero-order chi connectivity index (χ0) is 10.8. The van der Waals surface area contributed by atoms with Crippen LogP contribution < -0.4 is 0 Å². The number of thiophene rings is 1. The van der Waals surface area contributed by atoms with Gasteiger partial charge in [0.2, 0.25) is 0 Å². The molecule has 16 heavy (non-hydrogen) atoms. The molecule has 0 amide bonds. The highest BCUT2D eigenvalue weighted by Crippen LogP contribution is 2.28. The topological polar surface area (TPSA) is 27.1 Å². The Kier molecular flexibility index (Phi) is 2.76. The van der Waals surface area contributed by atoms with E-state index in [1.165, 1.54) is 18.4 Å². The molecule has 1 aliphatic heterocycles. The fourth-order valence-corrected chi connectivity index (χ4v) is 2.75. The summed E-state index contributed by atoms with van der Waals surface area (Å²) in [6, 6.07) is 4.18. The molecule has 0 aromatic carbocycles. The zero-order valence-corrected chi connectivity index (χ0v) is 9.82. The van der Waals surface area contributed by atoms with Gasteiger partial charge in [0.25, 0.3) is 0 Å². The summed E-state index contributed by atoms with van der Waals surface area (Å²) in [5.74, 6) is 0. The van der Waals surface area contributed by atoms with E-state index in [1.54, 1.807) is 11.3 Å². The molecule has 3 rings (SSSR count). The predicted octanol–water partition coefficient (Wildman–Crippen LogP) is 3.31. The van der Waals surface area contributed by atoms with Gasteiger partial charge in [-0.3, -0.25) is 0 Å². The maximum absolute atomic E-state index is 5.76. The molecule has 0 spiro atoms. The second-order valence-corrected chi connectivity index (χ2v) is 4.77. The number of nitrogens with zero attached hydrogens (tertiary/aromatic N) is 2. The van der Waals surface area contributed by atoms with E-state index >= 15 is 0 Å². The van der Waals surface area contributed by atoms with E-state index in [2.05, 4.69) is 28.0 Å². The van der Waals surface area contributed by atoms with Crippen molar-refractivity contribution in [1.82, 2.24) is 9.78 Å². The third kappa shape index (κ3) is 1.79. The zero-order valence-electron chi connectivity index (χ0n) is 9.00. The van der Waals surface area contributed by atoms with Crippen LogP contribution in [0.2, 0.25) is 0 Å². The van der Waals surface area contributed by atoms with Crippen LogP contribution in [0.25, 0.3) is 11.3 Å². The lowest BCUT2D eigenvalue weighted by molar-refractivity contribution is -0.0383. The van der Waals surface area contributed by atoms with Gasteiger partial charge >= 0.3 is 0 Å². The molecule has 1 fully saturated rings. The summed E-state index contributed by atoms with van der Waals surface area (Å²) >= 11 is 1.71. The van der Waals surface area contributed by atoms with Gasteiger partial charge in [-0.05, 0) is 36.8 Å². The molecule has 0 saturated carbocycles. The van der Waals surface area contributed by atoms with Gasteiger partial charge in [0.15, 0.2) is 6.23 Å². The van der Waals surface area contributed by atoms with Crippen LogP contribution in [0.15, 0.2) is 29.1 Å². The van der Waals surface area contributed by atoms with Gasteiger partial charge in [-0.15, -0.1) is 0 Å². The van der Waals surface area contributed by atoms with Gasteiger partial charge in [-0.2, -0.15) is 16.4 Å². The highest BCUT2D eigenvalue weighted by molar-refractivity contribution is 7.08. The van der Waals surface area contributed by atoms with E-state index in [0.717, 1.165) is 18.7 Å². The highest BCUT2D eigenvalue weighted by atomic mass is 32.1. The van der Waals surface area contributed by atoms with Gasteiger partial charge < -0.3 is 4.74 Å². The molecular formula is C12H14N2OS. The molecule has 3 nitrogen and oxygen atoms in total. The van der Waals surface area contributed by atoms with E-state index in [9.17, 15) is 0 Å². The van der Waals surface area contributed by atoms with Crippen molar-refractivity contribution < 1.29 is 4.74 Å². The molecule has 2 aromatic heterocycles. The summed E-state index contributed by atoms with van der Waals surface area (Å²) in [6.07, 6.45) is 5.45. The molecule has 3 heterocycles. The summed E-state index contributed by atoms with van der Waals surface area (Å²) in [5, 5.41) is 8.63. The quantitative estimate of drug-likeness (QED) is 0.797. The van der Waals surface area contributed by atoms with Crippen molar-refractivity contribution >= 4 is 11.3 Å².